The maximum absolute atomic E-state index is 4.04. The van der Waals surface area contributed by atoms with Gasteiger partial charge in [-0.1, -0.05) is 29.8 Å². The van der Waals surface area contributed by atoms with E-state index in [1.165, 1.54) is 11.1 Å². The molecule has 96 valence electrons. The first-order valence-electron chi connectivity index (χ1n) is 6.51. The Bertz CT molecular complexity index is 462. The summed E-state index contributed by atoms with van der Waals surface area (Å²) in [6.07, 6.45) is 6.81. The summed E-state index contributed by atoms with van der Waals surface area (Å²) in [7, 11) is 0. The van der Waals surface area contributed by atoms with Crippen LogP contribution in [0.2, 0.25) is 0 Å². The molecule has 0 saturated carbocycles. The number of benzene rings is 1. The quantitative estimate of drug-likeness (QED) is 0.791. The topological polar surface area (TPSA) is 29.9 Å². The monoisotopic (exact) mass is 243 g/mol. The van der Waals surface area contributed by atoms with Crippen molar-refractivity contribution in [3.05, 3.63) is 54.1 Å². The summed E-state index contributed by atoms with van der Waals surface area (Å²) in [6.45, 7) is 6.39. The lowest BCUT2D eigenvalue weighted by Gasteiger charge is -2.14. The van der Waals surface area contributed by atoms with E-state index >= 15 is 0 Å². The maximum Gasteiger partial charge on any atom is 0.0945 e. The normalized spacial score (nSPS) is 12.6. The molecule has 0 bridgehead atoms. The van der Waals surface area contributed by atoms with E-state index < -0.39 is 0 Å². The molecule has 1 atom stereocenters. The minimum absolute atomic E-state index is 0.410. The highest BCUT2D eigenvalue weighted by molar-refractivity contribution is 5.24. The van der Waals surface area contributed by atoms with E-state index in [9.17, 15) is 0 Å². The Balaban J connectivity index is 1.73. The Hall–Kier alpha value is -1.61. The molecule has 0 radical (unpaired) electrons. The standard InChI is InChI=1S/C15H21N3/c1-13-5-3-6-15(11-13)14(2)17-7-4-9-18-10-8-16-12-18/h3,5-6,8,10-12,14,17H,4,7,9H2,1-2H3. The van der Waals surface area contributed by atoms with Crippen molar-refractivity contribution in [1.29, 1.82) is 0 Å². The molecule has 0 saturated heterocycles. The van der Waals surface area contributed by atoms with Crippen molar-refractivity contribution in [2.24, 2.45) is 0 Å². The summed E-state index contributed by atoms with van der Waals surface area (Å²) in [5.74, 6) is 0. The van der Waals surface area contributed by atoms with Gasteiger partial charge in [-0.2, -0.15) is 0 Å². The number of nitrogens with one attached hydrogen (secondary N) is 1. The summed E-state index contributed by atoms with van der Waals surface area (Å²) in [5, 5.41) is 3.55. The van der Waals surface area contributed by atoms with Crippen molar-refractivity contribution in [1.82, 2.24) is 14.9 Å². The zero-order valence-corrected chi connectivity index (χ0v) is 11.1. The number of hydrogen-bond donors (Lipinski definition) is 1. The van der Waals surface area contributed by atoms with Gasteiger partial charge in [0.1, 0.15) is 0 Å². The molecule has 0 aliphatic carbocycles. The third kappa shape index (κ3) is 3.70. The Morgan fingerprint density at radius 2 is 2.28 bits per heavy atom. The van der Waals surface area contributed by atoms with Crippen LogP contribution >= 0.6 is 0 Å². The molecule has 1 heterocycles. The third-order valence-corrected chi connectivity index (χ3v) is 3.14. The molecule has 1 aromatic heterocycles. The number of rotatable bonds is 6. The van der Waals surface area contributed by atoms with Crippen molar-refractivity contribution < 1.29 is 0 Å². The molecule has 1 aromatic carbocycles. The van der Waals surface area contributed by atoms with Crippen LogP contribution in [-0.4, -0.2) is 16.1 Å². The maximum atomic E-state index is 4.04. The second-order valence-electron chi connectivity index (χ2n) is 4.74. The zero-order chi connectivity index (χ0) is 12.8. The van der Waals surface area contributed by atoms with Crippen molar-refractivity contribution in [3.63, 3.8) is 0 Å². The second kappa shape index (κ2) is 6.36. The summed E-state index contributed by atoms with van der Waals surface area (Å²) in [6, 6.07) is 9.09. The van der Waals surface area contributed by atoms with Crippen LogP contribution in [0.4, 0.5) is 0 Å². The second-order valence-corrected chi connectivity index (χ2v) is 4.74. The highest BCUT2D eigenvalue weighted by Gasteiger charge is 2.03. The molecule has 0 aliphatic heterocycles. The van der Waals surface area contributed by atoms with Gasteiger partial charge >= 0.3 is 0 Å². The SMILES string of the molecule is Cc1cccc(C(C)NCCCn2ccnc2)c1. The van der Waals surface area contributed by atoms with Gasteiger partial charge in [0.05, 0.1) is 6.33 Å². The first-order valence-corrected chi connectivity index (χ1v) is 6.51. The van der Waals surface area contributed by atoms with Crippen LogP contribution in [0.25, 0.3) is 0 Å². The van der Waals surface area contributed by atoms with Gasteiger partial charge in [-0.15, -0.1) is 0 Å². The lowest BCUT2D eigenvalue weighted by molar-refractivity contribution is 0.526. The smallest absolute Gasteiger partial charge is 0.0945 e. The molecule has 2 aromatic rings. The summed E-state index contributed by atoms with van der Waals surface area (Å²) in [4.78, 5) is 4.04. The fourth-order valence-corrected chi connectivity index (χ4v) is 2.06. The van der Waals surface area contributed by atoms with E-state index in [4.69, 9.17) is 0 Å². The predicted molar refractivity (Wildman–Crippen MR) is 74.4 cm³/mol. The fraction of sp³-hybridized carbons (Fsp3) is 0.400. The van der Waals surface area contributed by atoms with Gasteiger partial charge in [-0.3, -0.25) is 0 Å². The average molecular weight is 243 g/mol. The van der Waals surface area contributed by atoms with Crippen LogP contribution in [0.5, 0.6) is 0 Å². The predicted octanol–water partition coefficient (Wildman–Crippen LogP) is 2.93. The minimum Gasteiger partial charge on any atom is -0.337 e. The van der Waals surface area contributed by atoms with Crippen LogP contribution in [0.3, 0.4) is 0 Å². The van der Waals surface area contributed by atoms with E-state index in [0.29, 0.717) is 6.04 Å². The lowest BCUT2D eigenvalue weighted by atomic mass is 10.1. The van der Waals surface area contributed by atoms with Crippen molar-refractivity contribution >= 4 is 0 Å². The highest BCUT2D eigenvalue weighted by Crippen LogP contribution is 2.13. The van der Waals surface area contributed by atoms with Gasteiger partial charge in [0, 0.05) is 25.0 Å². The molecule has 3 heteroatoms. The molecular weight excluding hydrogens is 222 g/mol. The summed E-state index contributed by atoms with van der Waals surface area (Å²) < 4.78 is 2.11. The number of aromatic nitrogens is 2. The largest absolute Gasteiger partial charge is 0.337 e. The van der Waals surface area contributed by atoms with E-state index in [2.05, 4.69) is 53.0 Å². The molecule has 0 spiro atoms. The zero-order valence-electron chi connectivity index (χ0n) is 11.1. The molecule has 1 unspecified atom stereocenters. The van der Waals surface area contributed by atoms with E-state index in [1.54, 1.807) is 0 Å². The molecule has 0 aliphatic rings. The first kappa shape index (κ1) is 12.8. The summed E-state index contributed by atoms with van der Waals surface area (Å²) >= 11 is 0. The van der Waals surface area contributed by atoms with E-state index in [-0.39, 0.29) is 0 Å². The van der Waals surface area contributed by atoms with Crippen LogP contribution in [0.1, 0.15) is 30.5 Å². The van der Waals surface area contributed by atoms with Crippen molar-refractivity contribution in [2.45, 2.75) is 32.9 Å². The number of imidazole rings is 1. The van der Waals surface area contributed by atoms with E-state index in [0.717, 1.165) is 19.5 Å². The molecule has 0 amide bonds. The van der Waals surface area contributed by atoms with E-state index in [1.807, 2.05) is 18.7 Å². The number of nitrogens with zero attached hydrogens (tertiary/aromatic N) is 2. The van der Waals surface area contributed by atoms with Gasteiger partial charge in [0.25, 0.3) is 0 Å². The lowest BCUT2D eigenvalue weighted by Crippen LogP contribution is -2.20. The van der Waals surface area contributed by atoms with Crippen molar-refractivity contribution in [2.75, 3.05) is 6.54 Å². The molecule has 18 heavy (non-hydrogen) atoms. The molecular formula is C15H21N3. The molecule has 1 N–H and O–H groups in total. The number of aryl methyl sites for hydroxylation is 2. The fourth-order valence-electron chi connectivity index (χ4n) is 2.06. The van der Waals surface area contributed by atoms with Crippen molar-refractivity contribution in [3.8, 4) is 0 Å². The van der Waals surface area contributed by atoms with Crippen LogP contribution < -0.4 is 5.32 Å². The van der Waals surface area contributed by atoms with Gasteiger partial charge < -0.3 is 9.88 Å². The molecule has 0 fully saturated rings. The first-order chi connectivity index (χ1) is 8.75. The van der Waals surface area contributed by atoms with Crippen LogP contribution in [-0.2, 0) is 6.54 Å². The number of hydrogen-bond acceptors (Lipinski definition) is 2. The third-order valence-electron chi connectivity index (χ3n) is 3.14. The molecule has 2 rings (SSSR count). The van der Waals surface area contributed by atoms with Crippen LogP contribution in [0.15, 0.2) is 43.0 Å². The average Bonchev–Trinajstić information content (AvgIpc) is 2.87. The minimum atomic E-state index is 0.410. The Kier molecular flexibility index (Phi) is 4.53. The van der Waals surface area contributed by atoms with Crippen LogP contribution in [0, 0.1) is 6.92 Å². The van der Waals surface area contributed by atoms with Gasteiger partial charge in [0.2, 0.25) is 0 Å². The Morgan fingerprint density at radius 1 is 1.39 bits per heavy atom. The van der Waals surface area contributed by atoms with Gasteiger partial charge in [0.15, 0.2) is 0 Å². The highest BCUT2D eigenvalue weighted by atomic mass is 15.0. The van der Waals surface area contributed by atoms with Gasteiger partial charge in [-0.05, 0) is 32.4 Å². The van der Waals surface area contributed by atoms with Gasteiger partial charge in [-0.25, -0.2) is 4.98 Å². The summed E-state index contributed by atoms with van der Waals surface area (Å²) in [5.41, 5.74) is 2.68. The molecule has 3 nitrogen and oxygen atoms in total. The Morgan fingerprint density at radius 3 is 3.00 bits per heavy atom. The Labute approximate surface area is 109 Å².